The van der Waals surface area contributed by atoms with E-state index in [1.165, 1.54) is 0 Å². The Morgan fingerprint density at radius 1 is 0.850 bits per heavy atom. The van der Waals surface area contributed by atoms with E-state index in [2.05, 4.69) is 15.7 Å². The fourth-order valence-corrected chi connectivity index (χ4v) is 2.08. The van der Waals surface area contributed by atoms with Crippen LogP contribution in [0.2, 0.25) is 0 Å². The first-order valence-electron chi connectivity index (χ1n) is 6.28. The standard InChI is InChI=1S/C16H12N3O/c1-11(20)13-8-5-9-14(10-13)16-15(17-19-18-16)12-6-3-2-4-7-12/h2-10H,1H3. The fourth-order valence-electron chi connectivity index (χ4n) is 2.08. The molecular formula is C16H12N3O. The van der Waals surface area contributed by atoms with Gasteiger partial charge in [-0.25, -0.2) is 0 Å². The summed E-state index contributed by atoms with van der Waals surface area (Å²) in [7, 11) is 0. The molecule has 0 aliphatic carbocycles. The van der Waals surface area contributed by atoms with Gasteiger partial charge in [-0.05, 0) is 18.5 Å². The molecule has 0 fully saturated rings. The molecule has 0 amide bonds. The minimum absolute atomic E-state index is 0.0283. The number of hydrogen-bond acceptors (Lipinski definition) is 3. The van der Waals surface area contributed by atoms with Gasteiger partial charge >= 0.3 is 0 Å². The van der Waals surface area contributed by atoms with Gasteiger partial charge in [0.2, 0.25) is 0 Å². The molecule has 2 aromatic carbocycles. The largest absolute Gasteiger partial charge is 0.295 e. The number of benzene rings is 2. The van der Waals surface area contributed by atoms with Crippen LogP contribution in [0.1, 0.15) is 28.4 Å². The Balaban J connectivity index is 2.01. The summed E-state index contributed by atoms with van der Waals surface area (Å²) in [4.78, 5) is 11.5. The number of carbonyl (C=O) groups is 1. The molecule has 0 bridgehead atoms. The van der Waals surface area contributed by atoms with Crippen molar-refractivity contribution in [1.82, 2.24) is 5.53 Å². The number of rotatable bonds is 3. The highest BCUT2D eigenvalue weighted by Gasteiger charge is 2.20. The molecule has 2 aromatic rings. The molecule has 0 saturated heterocycles. The quantitative estimate of drug-likeness (QED) is 0.784. The van der Waals surface area contributed by atoms with E-state index in [4.69, 9.17) is 0 Å². The van der Waals surface area contributed by atoms with Crippen molar-refractivity contribution in [3.8, 4) is 0 Å². The normalized spacial score (nSPS) is 13.4. The van der Waals surface area contributed by atoms with Crippen molar-refractivity contribution in [3.05, 3.63) is 71.3 Å². The van der Waals surface area contributed by atoms with E-state index in [1.807, 2.05) is 48.5 Å². The van der Waals surface area contributed by atoms with E-state index in [1.54, 1.807) is 13.0 Å². The smallest absolute Gasteiger partial charge is 0.159 e. The van der Waals surface area contributed by atoms with Gasteiger partial charge in [0, 0.05) is 16.7 Å². The molecule has 4 heteroatoms. The number of carbonyl (C=O) groups excluding carboxylic acids is 1. The molecule has 0 unspecified atom stereocenters. The molecule has 4 nitrogen and oxygen atoms in total. The van der Waals surface area contributed by atoms with Crippen LogP contribution in [-0.2, 0) is 0 Å². The van der Waals surface area contributed by atoms with E-state index >= 15 is 0 Å². The van der Waals surface area contributed by atoms with Crippen LogP contribution in [-0.4, -0.2) is 17.2 Å². The summed E-state index contributed by atoms with van der Waals surface area (Å²) in [5.74, 6) is 0.0283. The summed E-state index contributed by atoms with van der Waals surface area (Å²) in [6.07, 6.45) is 0. The summed E-state index contributed by atoms with van der Waals surface area (Å²) in [5.41, 5.74) is 7.65. The minimum Gasteiger partial charge on any atom is -0.295 e. The van der Waals surface area contributed by atoms with Gasteiger partial charge in [-0.3, -0.25) is 4.79 Å². The van der Waals surface area contributed by atoms with Crippen molar-refractivity contribution in [2.75, 3.05) is 0 Å². The van der Waals surface area contributed by atoms with Gasteiger partial charge in [-0.2, -0.15) is 0 Å². The predicted molar refractivity (Wildman–Crippen MR) is 78.1 cm³/mol. The Morgan fingerprint density at radius 3 is 2.20 bits per heavy atom. The molecule has 0 saturated carbocycles. The van der Waals surface area contributed by atoms with Crippen LogP contribution in [0.4, 0.5) is 0 Å². The van der Waals surface area contributed by atoms with E-state index < -0.39 is 0 Å². The van der Waals surface area contributed by atoms with Crippen LogP contribution in [0, 0.1) is 0 Å². The first-order chi connectivity index (χ1) is 9.75. The van der Waals surface area contributed by atoms with Crippen molar-refractivity contribution in [3.63, 3.8) is 0 Å². The van der Waals surface area contributed by atoms with E-state index in [9.17, 15) is 4.79 Å². The second-order valence-electron chi connectivity index (χ2n) is 4.49. The maximum absolute atomic E-state index is 11.5. The molecule has 1 aliphatic heterocycles. The summed E-state index contributed by atoms with van der Waals surface area (Å²) < 4.78 is 0. The summed E-state index contributed by atoms with van der Waals surface area (Å²) in [5, 5.41) is 8.18. The Morgan fingerprint density at radius 2 is 1.50 bits per heavy atom. The lowest BCUT2D eigenvalue weighted by atomic mass is 9.98. The Hall–Kier alpha value is -2.75. The number of ketones is 1. The molecule has 0 spiro atoms. The first-order valence-corrected chi connectivity index (χ1v) is 6.28. The highest BCUT2D eigenvalue weighted by molar-refractivity contribution is 6.54. The predicted octanol–water partition coefficient (Wildman–Crippen LogP) is 2.62. The molecule has 1 heterocycles. The van der Waals surface area contributed by atoms with Gasteiger partial charge < -0.3 is 0 Å². The molecule has 0 atom stereocenters. The average Bonchev–Trinajstić information content (AvgIpc) is 2.98. The van der Waals surface area contributed by atoms with Gasteiger partial charge in [-0.1, -0.05) is 48.5 Å². The Bertz CT molecular complexity index is 718. The summed E-state index contributed by atoms with van der Waals surface area (Å²) >= 11 is 0. The third kappa shape index (κ3) is 2.23. The molecule has 3 rings (SSSR count). The monoisotopic (exact) mass is 262 g/mol. The van der Waals surface area contributed by atoms with E-state index in [0.29, 0.717) is 11.3 Å². The zero-order valence-electron chi connectivity index (χ0n) is 10.9. The van der Waals surface area contributed by atoms with Gasteiger partial charge in [-0.15, -0.1) is 10.2 Å². The van der Waals surface area contributed by atoms with E-state index in [-0.39, 0.29) is 5.78 Å². The van der Waals surface area contributed by atoms with Crippen LogP contribution < -0.4 is 5.53 Å². The Labute approximate surface area is 116 Å². The lowest BCUT2D eigenvalue weighted by Gasteiger charge is -2.05. The van der Waals surface area contributed by atoms with Crippen LogP contribution >= 0.6 is 0 Å². The van der Waals surface area contributed by atoms with Gasteiger partial charge in [0.25, 0.3) is 0 Å². The maximum atomic E-state index is 11.5. The second-order valence-corrected chi connectivity index (χ2v) is 4.49. The van der Waals surface area contributed by atoms with Gasteiger partial charge in [0.05, 0.1) is 0 Å². The number of hydrogen-bond donors (Lipinski definition) is 0. The average molecular weight is 262 g/mol. The maximum Gasteiger partial charge on any atom is 0.159 e. The number of nitrogens with zero attached hydrogens (tertiary/aromatic N) is 3. The molecule has 0 aromatic heterocycles. The number of Topliss-reactive ketones (excluding diaryl/α,β-unsaturated/α-hetero) is 1. The van der Waals surface area contributed by atoms with E-state index in [0.717, 1.165) is 16.8 Å². The molecular weight excluding hydrogens is 250 g/mol. The van der Waals surface area contributed by atoms with Crippen LogP contribution in [0.25, 0.3) is 0 Å². The molecule has 1 radical (unpaired) electrons. The topological polar surface area (TPSA) is 55.9 Å². The van der Waals surface area contributed by atoms with Crippen molar-refractivity contribution in [2.45, 2.75) is 6.92 Å². The molecule has 20 heavy (non-hydrogen) atoms. The van der Waals surface area contributed by atoms with Crippen molar-refractivity contribution in [1.29, 1.82) is 0 Å². The van der Waals surface area contributed by atoms with Crippen LogP contribution in [0.3, 0.4) is 0 Å². The lowest BCUT2D eigenvalue weighted by Crippen LogP contribution is -2.14. The van der Waals surface area contributed by atoms with Crippen molar-refractivity contribution < 1.29 is 4.79 Å². The van der Waals surface area contributed by atoms with Crippen molar-refractivity contribution in [2.24, 2.45) is 10.2 Å². The molecule has 0 N–H and O–H groups in total. The highest BCUT2D eigenvalue weighted by Crippen LogP contribution is 2.15. The van der Waals surface area contributed by atoms with Crippen molar-refractivity contribution >= 4 is 17.2 Å². The minimum atomic E-state index is 0.0283. The second kappa shape index (κ2) is 5.09. The summed E-state index contributed by atoms with van der Waals surface area (Å²) in [6, 6.07) is 17.1. The highest BCUT2D eigenvalue weighted by atomic mass is 16.1. The Kier molecular flexibility index (Phi) is 3.13. The van der Waals surface area contributed by atoms with Crippen LogP contribution in [0.15, 0.2) is 64.8 Å². The van der Waals surface area contributed by atoms with Gasteiger partial charge in [0.1, 0.15) is 11.4 Å². The zero-order chi connectivity index (χ0) is 13.9. The third-order valence-electron chi connectivity index (χ3n) is 3.10. The molecule has 97 valence electrons. The first kappa shape index (κ1) is 12.3. The third-order valence-corrected chi connectivity index (χ3v) is 3.10. The fraction of sp³-hybridized carbons (Fsp3) is 0.0625. The van der Waals surface area contributed by atoms with Gasteiger partial charge in [0.15, 0.2) is 5.78 Å². The molecule has 1 aliphatic rings. The van der Waals surface area contributed by atoms with Crippen LogP contribution in [0.5, 0.6) is 0 Å². The lowest BCUT2D eigenvalue weighted by molar-refractivity contribution is 0.101. The summed E-state index contributed by atoms with van der Waals surface area (Å²) in [6.45, 7) is 1.55. The SMILES string of the molecule is CC(=O)c1cccc(C2=N[N]N=C2c2ccccc2)c1. The zero-order valence-corrected chi connectivity index (χ0v) is 10.9.